The van der Waals surface area contributed by atoms with E-state index in [0.29, 0.717) is 0 Å². The second kappa shape index (κ2) is 10.1. The zero-order valence-electron chi connectivity index (χ0n) is 23.6. The molecule has 0 amide bonds. The van der Waals surface area contributed by atoms with Crippen LogP contribution in [-0.2, 0) is 16.2 Å². The third kappa shape index (κ3) is 5.16. The highest BCUT2D eigenvalue weighted by Crippen LogP contribution is 2.38. The molecule has 0 atom stereocenters. The summed E-state index contributed by atoms with van der Waals surface area (Å²) in [6, 6.07) is 35.0. The molecule has 37 heavy (non-hydrogen) atoms. The van der Waals surface area contributed by atoms with Crippen molar-refractivity contribution in [2.24, 2.45) is 0 Å². The summed E-state index contributed by atoms with van der Waals surface area (Å²) in [7, 11) is 3.41. The SMILES string of the molecule is COc1ccc(C(C)(C)c2ccc(C(C)(C)c3ccc(C(C)(C)c4ccc(OC)cc4)cc3)cc2)cc1. The molecule has 0 bridgehead atoms. The Balaban J connectivity index is 1.56. The summed E-state index contributed by atoms with van der Waals surface area (Å²) in [6.07, 6.45) is 0. The minimum absolute atomic E-state index is 0.0936. The van der Waals surface area contributed by atoms with Gasteiger partial charge in [0, 0.05) is 16.2 Å². The van der Waals surface area contributed by atoms with Gasteiger partial charge < -0.3 is 9.47 Å². The average molecular weight is 493 g/mol. The minimum Gasteiger partial charge on any atom is -0.497 e. The van der Waals surface area contributed by atoms with E-state index in [0.717, 1.165) is 11.5 Å². The molecule has 0 N–H and O–H groups in total. The van der Waals surface area contributed by atoms with Gasteiger partial charge in [-0.05, 0) is 57.6 Å². The first-order chi connectivity index (χ1) is 17.5. The van der Waals surface area contributed by atoms with Gasteiger partial charge in [0.2, 0.25) is 0 Å². The van der Waals surface area contributed by atoms with Crippen LogP contribution in [0.4, 0.5) is 0 Å². The summed E-state index contributed by atoms with van der Waals surface area (Å²) in [4.78, 5) is 0. The lowest BCUT2D eigenvalue weighted by atomic mass is 9.73. The molecule has 4 aromatic carbocycles. The largest absolute Gasteiger partial charge is 0.497 e. The monoisotopic (exact) mass is 492 g/mol. The predicted molar refractivity (Wildman–Crippen MR) is 155 cm³/mol. The molecule has 0 aliphatic rings. The van der Waals surface area contributed by atoms with Crippen molar-refractivity contribution in [1.29, 1.82) is 0 Å². The van der Waals surface area contributed by atoms with Gasteiger partial charge in [-0.3, -0.25) is 0 Å². The fourth-order valence-corrected chi connectivity index (χ4v) is 5.12. The number of benzene rings is 4. The van der Waals surface area contributed by atoms with Gasteiger partial charge in [0.25, 0.3) is 0 Å². The molecule has 2 nitrogen and oxygen atoms in total. The van der Waals surface area contributed by atoms with E-state index in [1.165, 1.54) is 33.4 Å². The molecule has 0 heterocycles. The lowest BCUT2D eigenvalue weighted by Gasteiger charge is -2.31. The molecular formula is C35H40O2. The Kier molecular flexibility index (Phi) is 7.24. The van der Waals surface area contributed by atoms with Crippen LogP contribution in [0.15, 0.2) is 97.1 Å². The van der Waals surface area contributed by atoms with Crippen molar-refractivity contribution >= 4 is 0 Å². The van der Waals surface area contributed by atoms with Crippen LogP contribution in [0.2, 0.25) is 0 Å². The van der Waals surface area contributed by atoms with Gasteiger partial charge in [-0.2, -0.15) is 0 Å². The normalized spacial score (nSPS) is 12.3. The van der Waals surface area contributed by atoms with Gasteiger partial charge >= 0.3 is 0 Å². The summed E-state index contributed by atoms with van der Waals surface area (Å²) in [5, 5.41) is 0. The highest BCUT2D eigenvalue weighted by atomic mass is 16.5. The summed E-state index contributed by atoms with van der Waals surface area (Å²) < 4.78 is 10.7. The third-order valence-corrected chi connectivity index (χ3v) is 8.28. The van der Waals surface area contributed by atoms with Gasteiger partial charge in [0.15, 0.2) is 0 Å². The van der Waals surface area contributed by atoms with Crippen molar-refractivity contribution in [3.8, 4) is 11.5 Å². The number of hydrogen-bond donors (Lipinski definition) is 0. The highest BCUT2D eigenvalue weighted by molar-refractivity contribution is 5.46. The van der Waals surface area contributed by atoms with Gasteiger partial charge in [0.05, 0.1) is 14.2 Å². The maximum Gasteiger partial charge on any atom is 0.118 e. The van der Waals surface area contributed by atoms with E-state index >= 15 is 0 Å². The Labute approximate surface area is 223 Å². The van der Waals surface area contributed by atoms with Crippen molar-refractivity contribution in [2.75, 3.05) is 14.2 Å². The van der Waals surface area contributed by atoms with Crippen LogP contribution in [0.25, 0.3) is 0 Å². The molecule has 192 valence electrons. The Morgan fingerprint density at radius 3 is 0.649 bits per heavy atom. The predicted octanol–water partition coefficient (Wildman–Crippen LogP) is 8.68. The molecule has 2 heteroatoms. The standard InChI is InChI=1S/C35H40O2/c1-33(2,25-9-13-27(14-10-25)34(3,4)29-17-21-31(36-7)22-18-29)26-11-15-28(16-12-26)35(5,6)30-19-23-32(37-8)24-20-30/h9-24H,1-8H3. The van der Waals surface area contributed by atoms with E-state index < -0.39 is 0 Å². The fourth-order valence-electron chi connectivity index (χ4n) is 5.12. The first kappa shape index (κ1) is 26.5. The summed E-state index contributed by atoms with van der Waals surface area (Å²) in [5.41, 5.74) is 7.47. The van der Waals surface area contributed by atoms with Crippen LogP contribution in [0.1, 0.15) is 74.9 Å². The van der Waals surface area contributed by atoms with Crippen molar-refractivity contribution in [3.63, 3.8) is 0 Å². The fraction of sp³-hybridized carbons (Fsp3) is 0.314. The van der Waals surface area contributed by atoms with Crippen LogP contribution in [0.3, 0.4) is 0 Å². The van der Waals surface area contributed by atoms with Crippen LogP contribution in [0.5, 0.6) is 11.5 Å². The molecule has 4 aromatic rings. The van der Waals surface area contributed by atoms with E-state index in [9.17, 15) is 0 Å². The summed E-state index contributed by atoms with van der Waals surface area (Å²) in [6.45, 7) is 13.7. The Hall–Kier alpha value is -3.52. The Morgan fingerprint density at radius 1 is 0.324 bits per heavy atom. The van der Waals surface area contributed by atoms with E-state index in [-0.39, 0.29) is 16.2 Å². The van der Waals surface area contributed by atoms with Crippen LogP contribution < -0.4 is 9.47 Å². The molecule has 0 saturated carbocycles. The first-order valence-electron chi connectivity index (χ1n) is 13.0. The van der Waals surface area contributed by atoms with E-state index in [1.807, 2.05) is 24.3 Å². The number of hydrogen-bond acceptors (Lipinski definition) is 2. The Morgan fingerprint density at radius 2 is 0.486 bits per heavy atom. The highest BCUT2D eigenvalue weighted by Gasteiger charge is 2.28. The van der Waals surface area contributed by atoms with E-state index in [2.05, 4.69) is 114 Å². The lowest BCUT2D eigenvalue weighted by molar-refractivity contribution is 0.414. The van der Waals surface area contributed by atoms with Gasteiger partial charge in [-0.1, -0.05) is 114 Å². The van der Waals surface area contributed by atoms with Crippen LogP contribution >= 0.6 is 0 Å². The topological polar surface area (TPSA) is 18.5 Å². The van der Waals surface area contributed by atoms with Crippen molar-refractivity contribution < 1.29 is 9.47 Å². The van der Waals surface area contributed by atoms with Gasteiger partial charge in [-0.15, -0.1) is 0 Å². The molecule has 0 saturated heterocycles. The van der Waals surface area contributed by atoms with Crippen molar-refractivity contribution in [1.82, 2.24) is 0 Å². The number of rotatable bonds is 8. The molecule has 0 aliphatic heterocycles. The second-order valence-electron chi connectivity index (χ2n) is 11.5. The molecule has 0 fully saturated rings. The zero-order valence-corrected chi connectivity index (χ0v) is 23.6. The molecule has 0 aliphatic carbocycles. The maximum absolute atomic E-state index is 5.34. The first-order valence-corrected chi connectivity index (χ1v) is 13.0. The lowest BCUT2D eigenvalue weighted by Crippen LogP contribution is -2.22. The molecule has 0 radical (unpaired) electrons. The molecule has 0 unspecified atom stereocenters. The molecule has 4 rings (SSSR count). The van der Waals surface area contributed by atoms with Crippen LogP contribution in [0, 0.1) is 0 Å². The van der Waals surface area contributed by atoms with E-state index in [4.69, 9.17) is 9.47 Å². The van der Waals surface area contributed by atoms with Crippen molar-refractivity contribution in [2.45, 2.75) is 57.8 Å². The average Bonchev–Trinajstić information content (AvgIpc) is 2.93. The van der Waals surface area contributed by atoms with Gasteiger partial charge in [0.1, 0.15) is 11.5 Å². The van der Waals surface area contributed by atoms with Crippen molar-refractivity contribution in [3.05, 3.63) is 130 Å². The third-order valence-electron chi connectivity index (χ3n) is 8.28. The second-order valence-corrected chi connectivity index (χ2v) is 11.5. The molecule has 0 aromatic heterocycles. The molecular weight excluding hydrogens is 452 g/mol. The summed E-state index contributed by atoms with van der Waals surface area (Å²) >= 11 is 0. The maximum atomic E-state index is 5.34. The smallest absolute Gasteiger partial charge is 0.118 e. The quantitative estimate of drug-likeness (QED) is 0.245. The minimum atomic E-state index is -0.106. The number of methoxy groups -OCH3 is 2. The Bertz CT molecular complexity index is 1200. The van der Waals surface area contributed by atoms with Crippen LogP contribution in [-0.4, -0.2) is 14.2 Å². The summed E-state index contributed by atoms with van der Waals surface area (Å²) in [5.74, 6) is 1.77. The number of ether oxygens (including phenoxy) is 2. The molecule has 0 spiro atoms. The zero-order chi connectivity index (χ0) is 26.8. The van der Waals surface area contributed by atoms with E-state index in [1.54, 1.807) is 14.2 Å². The van der Waals surface area contributed by atoms with Gasteiger partial charge in [-0.25, -0.2) is 0 Å².